The Morgan fingerprint density at radius 3 is 2.52 bits per heavy atom. The number of nitrogens with two attached hydrogens (primary N) is 1. The van der Waals surface area contributed by atoms with E-state index in [4.69, 9.17) is 39.8 Å². The van der Waals surface area contributed by atoms with Gasteiger partial charge in [0, 0.05) is 16.7 Å². The van der Waals surface area contributed by atoms with Crippen LogP contribution in [0.15, 0.2) is 23.8 Å². The molecule has 268 valence electrons. The van der Waals surface area contributed by atoms with Gasteiger partial charge in [-0.2, -0.15) is 0 Å². The number of alkyl halides is 1. The van der Waals surface area contributed by atoms with Gasteiger partial charge in [-0.1, -0.05) is 18.6 Å². The number of rotatable bonds is 12. The third kappa shape index (κ3) is 5.99. The van der Waals surface area contributed by atoms with Crippen LogP contribution in [0.3, 0.4) is 0 Å². The molecule has 0 aromatic rings. The Hall–Kier alpha value is -2.83. The number of hydrogen-bond acceptors (Lipinski definition) is 15. The minimum absolute atomic E-state index is 0.0305. The van der Waals surface area contributed by atoms with Crippen LogP contribution >= 0.6 is 0 Å². The monoisotopic (exact) mass is 684 g/mol. The molecule has 4 aliphatic carbocycles. The van der Waals surface area contributed by atoms with Gasteiger partial charge in [0.15, 0.2) is 29.4 Å². The quantitative estimate of drug-likeness (QED) is 0.132. The summed E-state index contributed by atoms with van der Waals surface area (Å²) in [5.41, 5.74) is 0.249. The van der Waals surface area contributed by atoms with Crippen molar-refractivity contribution in [3.8, 4) is 0 Å². The molecule has 0 aromatic heterocycles. The number of carbonyl (C=O) groups is 4. The molecule has 0 amide bonds. The second kappa shape index (κ2) is 13.1. The highest BCUT2D eigenvalue weighted by atomic mass is 19.1. The van der Waals surface area contributed by atoms with Gasteiger partial charge in [-0.3, -0.25) is 29.6 Å². The highest BCUT2D eigenvalue weighted by Crippen LogP contribution is 2.72. The van der Waals surface area contributed by atoms with E-state index in [1.807, 2.05) is 0 Å². The first-order valence-corrected chi connectivity index (χ1v) is 16.2. The number of ether oxygens (including phenoxy) is 5. The molecular weight excluding hydrogens is 639 g/mol. The van der Waals surface area contributed by atoms with E-state index in [1.54, 1.807) is 33.8 Å². The van der Waals surface area contributed by atoms with Crippen LogP contribution in [0.5, 0.6) is 0 Å². The SMILES string of the molecule is CC1(C)O[C@@H]2CC3C4CCC5=CC(=O)C=CC5(C)[C@@]4(F)[C@@H](O)C[C@]3(C)[C@]2(C(=O)COC(=O)OCC(N)C(=O)OCCCCON(O)O)O1. The number of allylic oxidation sites excluding steroid dienone is 4. The van der Waals surface area contributed by atoms with Gasteiger partial charge in [-0.15, -0.1) is 0 Å². The first-order valence-electron chi connectivity index (χ1n) is 16.2. The van der Waals surface area contributed by atoms with Crippen LogP contribution in [0.2, 0.25) is 0 Å². The fourth-order valence-electron chi connectivity index (χ4n) is 8.94. The molecule has 9 atom stereocenters. The Bertz CT molecular complexity index is 1370. The van der Waals surface area contributed by atoms with Crippen LogP contribution in [0.4, 0.5) is 9.18 Å². The van der Waals surface area contributed by atoms with Crippen molar-refractivity contribution in [3.63, 3.8) is 0 Å². The third-order valence-corrected chi connectivity index (χ3v) is 11.0. The number of unbranched alkanes of at least 4 members (excludes halogenated alkanes) is 1. The zero-order valence-corrected chi connectivity index (χ0v) is 27.5. The number of ketones is 2. The zero-order chi connectivity index (χ0) is 35.3. The van der Waals surface area contributed by atoms with Crippen molar-refractivity contribution in [2.45, 2.75) is 102 Å². The van der Waals surface area contributed by atoms with E-state index in [0.717, 1.165) is 0 Å². The molecule has 1 heterocycles. The van der Waals surface area contributed by atoms with Crippen molar-refractivity contribution in [1.29, 1.82) is 0 Å². The topological polar surface area (TPSA) is 214 Å². The van der Waals surface area contributed by atoms with Crippen molar-refractivity contribution in [1.82, 2.24) is 5.39 Å². The standard InChI is InChI=1S/C32H45FN2O13/c1-28(2)47-25-14-21-20-8-7-18-13-19(36)9-10-29(18,3)31(20,33)23(37)15-30(21,4)32(25,48-28)24(38)17-45-27(40)44-16-22(34)26(39)43-11-5-6-12-46-35(41)42/h9-10,13,20-23,25,37,41-42H,5-8,11-12,14-17,34H2,1-4H3/t20?,21?,22?,23-,25+,29?,30-,31-,32+/m0/s1. The number of hydrogen-bond donors (Lipinski definition) is 4. The van der Waals surface area contributed by atoms with E-state index >= 15 is 4.39 Å². The number of carbonyl (C=O) groups excluding carboxylic acids is 4. The molecule has 4 unspecified atom stereocenters. The maximum Gasteiger partial charge on any atom is 0.508 e. The molecular formula is C32H45FN2O13. The first kappa shape index (κ1) is 36.5. The fraction of sp³-hybridized carbons (Fsp3) is 0.750. The number of nitrogens with zero attached hydrogens (tertiary/aromatic N) is 1. The Morgan fingerprint density at radius 1 is 1.10 bits per heavy atom. The normalized spacial score (nSPS) is 38.3. The molecule has 5 aliphatic rings. The zero-order valence-electron chi connectivity index (χ0n) is 27.5. The van der Waals surface area contributed by atoms with Gasteiger partial charge < -0.3 is 34.5 Å². The maximum atomic E-state index is 17.6. The summed E-state index contributed by atoms with van der Waals surface area (Å²) in [5.74, 6) is -4.06. The van der Waals surface area contributed by atoms with Gasteiger partial charge in [0.25, 0.3) is 0 Å². The minimum Gasteiger partial charge on any atom is -0.464 e. The average molecular weight is 685 g/mol. The van der Waals surface area contributed by atoms with E-state index in [1.165, 1.54) is 12.2 Å². The summed E-state index contributed by atoms with van der Waals surface area (Å²) in [4.78, 5) is 55.2. The molecule has 3 saturated carbocycles. The largest absolute Gasteiger partial charge is 0.508 e. The van der Waals surface area contributed by atoms with Crippen molar-refractivity contribution >= 4 is 23.7 Å². The number of aliphatic hydroxyl groups is 1. The highest BCUT2D eigenvalue weighted by molar-refractivity contribution is 6.01. The number of halogens is 1. The summed E-state index contributed by atoms with van der Waals surface area (Å²) in [7, 11) is 0. The van der Waals surface area contributed by atoms with Crippen LogP contribution < -0.4 is 5.73 Å². The van der Waals surface area contributed by atoms with Gasteiger partial charge in [-0.25, -0.2) is 9.18 Å². The van der Waals surface area contributed by atoms with Crippen LogP contribution in [-0.2, 0) is 42.9 Å². The van der Waals surface area contributed by atoms with E-state index in [2.05, 4.69) is 4.84 Å². The molecule has 1 aliphatic heterocycles. The Morgan fingerprint density at radius 2 is 1.81 bits per heavy atom. The minimum atomic E-state index is -2.12. The van der Waals surface area contributed by atoms with Crippen LogP contribution in [0.1, 0.15) is 66.2 Å². The molecule has 5 rings (SSSR count). The number of aliphatic hydroxyl groups excluding tert-OH is 1. The predicted octanol–water partition coefficient (Wildman–Crippen LogP) is 2.24. The Kier molecular flexibility index (Phi) is 9.97. The van der Waals surface area contributed by atoms with Crippen molar-refractivity contribution < 1.29 is 67.6 Å². The van der Waals surface area contributed by atoms with Gasteiger partial charge in [0.2, 0.25) is 5.78 Å². The molecule has 48 heavy (non-hydrogen) atoms. The molecule has 0 aromatic carbocycles. The molecule has 16 heteroatoms. The molecule has 4 fully saturated rings. The molecule has 0 radical (unpaired) electrons. The second-order valence-electron chi connectivity index (χ2n) is 14.2. The molecule has 5 N–H and O–H groups in total. The summed E-state index contributed by atoms with van der Waals surface area (Å²) in [6.45, 7) is 5.36. The summed E-state index contributed by atoms with van der Waals surface area (Å²) < 4.78 is 45.3. The number of esters is 1. The van der Waals surface area contributed by atoms with Crippen LogP contribution in [0.25, 0.3) is 0 Å². The highest BCUT2D eigenvalue weighted by Gasteiger charge is 2.80. The van der Waals surface area contributed by atoms with E-state index in [9.17, 15) is 24.3 Å². The van der Waals surface area contributed by atoms with E-state index in [0.29, 0.717) is 31.3 Å². The Labute approximate surface area is 276 Å². The van der Waals surface area contributed by atoms with Crippen molar-refractivity contribution in [2.24, 2.45) is 28.4 Å². The number of fused-ring (bicyclic) bond motifs is 7. The van der Waals surface area contributed by atoms with Crippen LogP contribution in [-0.4, -0.2) is 106 Å². The molecule has 0 bridgehead atoms. The van der Waals surface area contributed by atoms with Gasteiger partial charge in [0.1, 0.15) is 12.6 Å². The lowest BCUT2D eigenvalue weighted by Gasteiger charge is -2.62. The maximum absolute atomic E-state index is 17.6. The third-order valence-electron chi connectivity index (χ3n) is 11.0. The number of Topliss-reactive ketones (excluding diaryl/α,β-unsaturated/α-hetero) is 1. The van der Waals surface area contributed by atoms with Gasteiger partial charge in [-0.05, 0) is 77.4 Å². The Balaban J connectivity index is 1.24. The smallest absolute Gasteiger partial charge is 0.464 e. The van der Waals surface area contributed by atoms with E-state index in [-0.39, 0.29) is 31.8 Å². The second-order valence-corrected chi connectivity index (χ2v) is 14.2. The first-order chi connectivity index (χ1) is 22.4. The lowest BCUT2D eigenvalue weighted by molar-refractivity contribution is -0.492. The molecule has 0 spiro atoms. The van der Waals surface area contributed by atoms with Crippen LogP contribution in [0, 0.1) is 22.7 Å². The molecule has 15 nitrogen and oxygen atoms in total. The summed E-state index contributed by atoms with van der Waals surface area (Å²) >= 11 is 0. The summed E-state index contributed by atoms with van der Waals surface area (Å²) in [6.07, 6.45) is 2.35. The fourth-order valence-corrected chi connectivity index (χ4v) is 8.94. The predicted molar refractivity (Wildman–Crippen MR) is 158 cm³/mol. The average Bonchev–Trinajstić information content (AvgIpc) is 3.42. The van der Waals surface area contributed by atoms with Crippen molar-refractivity contribution in [2.75, 3.05) is 26.4 Å². The lowest BCUT2D eigenvalue weighted by Crippen LogP contribution is -2.70. The molecule has 1 saturated heterocycles. The lowest BCUT2D eigenvalue weighted by atomic mass is 9.44. The summed E-state index contributed by atoms with van der Waals surface area (Å²) in [6, 6.07) is -1.34. The summed E-state index contributed by atoms with van der Waals surface area (Å²) in [5, 5.41) is 28.2. The van der Waals surface area contributed by atoms with Crippen molar-refractivity contribution in [3.05, 3.63) is 23.8 Å². The van der Waals surface area contributed by atoms with Gasteiger partial charge in [0.05, 0.1) is 30.8 Å². The van der Waals surface area contributed by atoms with E-state index < -0.39 is 94.5 Å². The van der Waals surface area contributed by atoms with Gasteiger partial charge >= 0.3 is 12.1 Å².